The maximum absolute atomic E-state index is 13.7. The minimum Gasteiger partial charge on any atom is -0.495 e. The number of aromatic nitrogens is 2. The summed E-state index contributed by atoms with van der Waals surface area (Å²) < 4.78 is 18.7. The quantitative estimate of drug-likeness (QED) is 0.665. The molecule has 8 heteroatoms. The first kappa shape index (κ1) is 18.6. The predicted octanol–water partition coefficient (Wildman–Crippen LogP) is 4.14. The number of nitrogens with one attached hydrogen (secondary N) is 2. The van der Waals surface area contributed by atoms with Crippen molar-refractivity contribution in [3.63, 3.8) is 0 Å². The van der Waals surface area contributed by atoms with E-state index in [0.717, 1.165) is 0 Å². The SMILES string of the molecule is COc1ccc(NC(=O)c2cc(NCc3ccccc3F)ncn2)cc1Cl. The summed E-state index contributed by atoms with van der Waals surface area (Å²) >= 11 is 6.05. The lowest BCUT2D eigenvalue weighted by Crippen LogP contribution is -2.14. The Bertz CT molecular complexity index is 968. The molecule has 1 heterocycles. The minimum atomic E-state index is -0.424. The Morgan fingerprint density at radius 2 is 2.00 bits per heavy atom. The van der Waals surface area contributed by atoms with E-state index in [-0.39, 0.29) is 18.1 Å². The van der Waals surface area contributed by atoms with Crippen LogP contribution in [0.4, 0.5) is 15.9 Å². The third-order valence-electron chi connectivity index (χ3n) is 3.73. The van der Waals surface area contributed by atoms with E-state index in [1.165, 1.54) is 25.6 Å². The van der Waals surface area contributed by atoms with Gasteiger partial charge in [0, 0.05) is 23.9 Å². The van der Waals surface area contributed by atoms with Gasteiger partial charge in [-0.15, -0.1) is 0 Å². The van der Waals surface area contributed by atoms with Crippen LogP contribution in [0.5, 0.6) is 5.75 Å². The molecule has 1 aromatic heterocycles. The van der Waals surface area contributed by atoms with Gasteiger partial charge < -0.3 is 15.4 Å². The van der Waals surface area contributed by atoms with Crippen molar-refractivity contribution in [3.8, 4) is 5.75 Å². The van der Waals surface area contributed by atoms with Gasteiger partial charge in [0.2, 0.25) is 0 Å². The minimum absolute atomic E-state index is 0.160. The van der Waals surface area contributed by atoms with Crippen molar-refractivity contribution in [1.82, 2.24) is 9.97 Å². The Kier molecular flexibility index (Phi) is 5.83. The smallest absolute Gasteiger partial charge is 0.274 e. The molecule has 138 valence electrons. The van der Waals surface area contributed by atoms with Gasteiger partial charge in [-0.1, -0.05) is 29.8 Å². The van der Waals surface area contributed by atoms with Crippen LogP contribution in [-0.2, 0) is 6.54 Å². The highest BCUT2D eigenvalue weighted by atomic mass is 35.5. The number of rotatable bonds is 6. The Labute approximate surface area is 160 Å². The van der Waals surface area contributed by atoms with Crippen molar-refractivity contribution in [2.75, 3.05) is 17.7 Å². The van der Waals surface area contributed by atoms with Gasteiger partial charge in [-0.25, -0.2) is 14.4 Å². The van der Waals surface area contributed by atoms with Crippen molar-refractivity contribution in [2.45, 2.75) is 6.54 Å². The summed E-state index contributed by atoms with van der Waals surface area (Å²) in [6.45, 7) is 0.235. The molecule has 0 saturated carbocycles. The number of carbonyl (C=O) groups excluding carboxylic acids is 1. The van der Waals surface area contributed by atoms with E-state index in [9.17, 15) is 9.18 Å². The van der Waals surface area contributed by atoms with Crippen LogP contribution in [-0.4, -0.2) is 23.0 Å². The van der Waals surface area contributed by atoms with Gasteiger partial charge in [-0.2, -0.15) is 0 Å². The van der Waals surface area contributed by atoms with Crippen molar-refractivity contribution in [2.24, 2.45) is 0 Å². The molecule has 6 nitrogen and oxygen atoms in total. The fraction of sp³-hybridized carbons (Fsp3) is 0.105. The molecule has 0 unspecified atom stereocenters. The fourth-order valence-electron chi connectivity index (χ4n) is 2.34. The number of hydrogen-bond donors (Lipinski definition) is 2. The van der Waals surface area contributed by atoms with Gasteiger partial charge in [-0.05, 0) is 24.3 Å². The Hall–Kier alpha value is -3.19. The van der Waals surface area contributed by atoms with Crippen molar-refractivity contribution in [3.05, 3.63) is 77.0 Å². The molecular formula is C19H16ClFN4O2. The predicted molar refractivity (Wildman–Crippen MR) is 102 cm³/mol. The average Bonchev–Trinajstić information content (AvgIpc) is 2.68. The van der Waals surface area contributed by atoms with E-state index >= 15 is 0 Å². The lowest BCUT2D eigenvalue weighted by molar-refractivity contribution is 0.102. The molecule has 0 atom stereocenters. The maximum Gasteiger partial charge on any atom is 0.274 e. The van der Waals surface area contributed by atoms with Crippen molar-refractivity contribution < 1.29 is 13.9 Å². The third kappa shape index (κ3) is 4.71. The maximum atomic E-state index is 13.7. The number of amides is 1. The summed E-state index contributed by atoms with van der Waals surface area (Å²) in [7, 11) is 1.51. The molecule has 27 heavy (non-hydrogen) atoms. The highest BCUT2D eigenvalue weighted by Crippen LogP contribution is 2.27. The molecule has 0 spiro atoms. The van der Waals surface area contributed by atoms with E-state index in [0.29, 0.717) is 27.8 Å². The van der Waals surface area contributed by atoms with Gasteiger partial charge in [0.05, 0.1) is 12.1 Å². The summed E-state index contributed by atoms with van der Waals surface area (Å²) in [5.74, 6) is 0.184. The Balaban J connectivity index is 1.68. The molecule has 0 aliphatic heterocycles. The summed E-state index contributed by atoms with van der Waals surface area (Å²) in [6, 6.07) is 12.8. The Morgan fingerprint density at radius 1 is 1.19 bits per heavy atom. The van der Waals surface area contributed by atoms with Crippen LogP contribution in [0.2, 0.25) is 5.02 Å². The molecule has 3 rings (SSSR count). The highest BCUT2D eigenvalue weighted by Gasteiger charge is 2.11. The molecule has 0 aliphatic carbocycles. The summed E-state index contributed by atoms with van der Waals surface area (Å²) in [6.07, 6.45) is 1.26. The van der Waals surface area contributed by atoms with Crippen molar-refractivity contribution >= 4 is 29.0 Å². The largest absolute Gasteiger partial charge is 0.495 e. The number of halogens is 2. The van der Waals surface area contributed by atoms with Gasteiger partial charge >= 0.3 is 0 Å². The van der Waals surface area contributed by atoms with E-state index < -0.39 is 5.91 Å². The second-order valence-corrected chi connectivity index (χ2v) is 5.94. The van der Waals surface area contributed by atoms with Crippen LogP contribution >= 0.6 is 11.6 Å². The first-order valence-corrected chi connectivity index (χ1v) is 8.39. The van der Waals surface area contributed by atoms with Gasteiger partial charge in [0.25, 0.3) is 5.91 Å². The summed E-state index contributed by atoms with van der Waals surface area (Å²) in [4.78, 5) is 20.4. The van der Waals surface area contributed by atoms with Crippen LogP contribution in [0, 0.1) is 5.82 Å². The number of benzene rings is 2. The molecule has 0 fully saturated rings. The van der Waals surface area contributed by atoms with Gasteiger partial charge in [0.15, 0.2) is 0 Å². The standard InChI is InChI=1S/C19H16ClFN4O2/c1-27-17-7-6-13(8-14(17)20)25-19(26)16-9-18(24-11-23-16)22-10-12-4-2-3-5-15(12)21/h2-9,11H,10H2,1H3,(H,25,26)(H,22,23,24). The summed E-state index contributed by atoms with van der Waals surface area (Å²) in [5, 5.41) is 6.06. The molecule has 2 aromatic carbocycles. The third-order valence-corrected chi connectivity index (χ3v) is 4.02. The molecule has 0 aliphatic rings. The topological polar surface area (TPSA) is 76.1 Å². The van der Waals surface area contributed by atoms with Crippen LogP contribution in [0.3, 0.4) is 0 Å². The zero-order chi connectivity index (χ0) is 19.2. The van der Waals surface area contributed by atoms with Gasteiger partial charge in [0.1, 0.15) is 29.4 Å². The molecule has 0 saturated heterocycles. The first-order valence-electron chi connectivity index (χ1n) is 8.01. The zero-order valence-corrected chi connectivity index (χ0v) is 15.1. The normalized spacial score (nSPS) is 10.3. The van der Waals surface area contributed by atoms with Crippen LogP contribution in [0.25, 0.3) is 0 Å². The molecule has 1 amide bonds. The number of nitrogens with zero attached hydrogens (tertiary/aromatic N) is 2. The van der Waals surface area contributed by atoms with Crippen LogP contribution in [0.1, 0.15) is 16.1 Å². The number of carbonyl (C=O) groups is 1. The Morgan fingerprint density at radius 3 is 2.74 bits per heavy atom. The fourth-order valence-corrected chi connectivity index (χ4v) is 2.60. The second-order valence-electron chi connectivity index (χ2n) is 5.54. The van der Waals surface area contributed by atoms with E-state index in [4.69, 9.17) is 16.3 Å². The van der Waals surface area contributed by atoms with E-state index in [1.54, 1.807) is 36.4 Å². The zero-order valence-electron chi connectivity index (χ0n) is 14.4. The van der Waals surface area contributed by atoms with Crippen LogP contribution < -0.4 is 15.4 Å². The molecular weight excluding hydrogens is 371 g/mol. The molecule has 0 radical (unpaired) electrons. The van der Waals surface area contributed by atoms with E-state index in [1.807, 2.05) is 0 Å². The number of ether oxygens (including phenoxy) is 1. The highest BCUT2D eigenvalue weighted by molar-refractivity contribution is 6.32. The molecule has 0 bridgehead atoms. The molecule has 2 N–H and O–H groups in total. The van der Waals surface area contributed by atoms with Crippen molar-refractivity contribution in [1.29, 1.82) is 0 Å². The van der Waals surface area contributed by atoms with Crippen LogP contribution in [0.15, 0.2) is 54.9 Å². The van der Waals surface area contributed by atoms with Gasteiger partial charge in [-0.3, -0.25) is 4.79 Å². The first-order chi connectivity index (χ1) is 13.1. The van der Waals surface area contributed by atoms with E-state index in [2.05, 4.69) is 20.6 Å². The second kappa shape index (κ2) is 8.46. The number of hydrogen-bond acceptors (Lipinski definition) is 5. The lowest BCUT2D eigenvalue weighted by atomic mass is 10.2. The number of anilines is 2. The molecule has 3 aromatic rings. The average molecular weight is 387 g/mol. The summed E-state index contributed by atoms with van der Waals surface area (Å²) in [5.41, 5.74) is 1.16. The monoisotopic (exact) mass is 386 g/mol. The number of methoxy groups -OCH3 is 1. The lowest BCUT2D eigenvalue weighted by Gasteiger charge is -2.09.